The van der Waals surface area contributed by atoms with Crippen LogP contribution in [0, 0.1) is 6.92 Å². The molecule has 0 radical (unpaired) electrons. The first-order valence-electron chi connectivity index (χ1n) is 8.76. The van der Waals surface area contributed by atoms with Gasteiger partial charge in [0.2, 0.25) is 0 Å². The highest BCUT2D eigenvalue weighted by Gasteiger charge is 2.23. The minimum atomic E-state index is -3.77. The molecule has 27 heavy (non-hydrogen) atoms. The molecule has 0 aromatic heterocycles. The summed E-state index contributed by atoms with van der Waals surface area (Å²) in [5, 5.41) is 0. The molecule has 0 bridgehead atoms. The minimum Gasteiger partial charge on any atom is -0.335 e. The van der Waals surface area contributed by atoms with Crippen LogP contribution in [0.1, 0.15) is 29.8 Å². The van der Waals surface area contributed by atoms with E-state index in [4.69, 9.17) is 0 Å². The van der Waals surface area contributed by atoms with Gasteiger partial charge in [-0.1, -0.05) is 35.9 Å². The molecule has 0 N–H and O–H groups in total. The topological polar surface area (TPSA) is 57.7 Å². The number of carbonyl (C=O) groups is 1. The third kappa shape index (κ3) is 4.77. The van der Waals surface area contributed by atoms with Crippen LogP contribution in [0.5, 0.6) is 0 Å². The summed E-state index contributed by atoms with van der Waals surface area (Å²) in [5.74, 6) is -0.212. The number of sulfonamides is 1. The second-order valence-corrected chi connectivity index (χ2v) is 8.58. The molecule has 0 spiro atoms. The van der Waals surface area contributed by atoms with Crippen molar-refractivity contribution in [3.05, 3.63) is 71.8 Å². The normalized spacial score (nSPS) is 11.1. The van der Waals surface area contributed by atoms with Crippen molar-refractivity contribution in [2.24, 2.45) is 0 Å². The minimum absolute atomic E-state index is 0.0859. The van der Waals surface area contributed by atoms with Crippen molar-refractivity contribution in [3.63, 3.8) is 0 Å². The van der Waals surface area contributed by atoms with Gasteiger partial charge < -0.3 is 4.90 Å². The average Bonchev–Trinajstić information content (AvgIpc) is 2.65. The number of aryl methyl sites for hydroxylation is 1. The zero-order chi connectivity index (χ0) is 20.2. The zero-order valence-electron chi connectivity index (χ0n) is 16.3. The van der Waals surface area contributed by atoms with E-state index in [1.807, 2.05) is 32.9 Å². The van der Waals surface area contributed by atoms with Gasteiger partial charge in [0.05, 0.1) is 10.6 Å². The summed E-state index contributed by atoms with van der Waals surface area (Å²) in [6.45, 7) is 10.5. The zero-order valence-corrected chi connectivity index (χ0v) is 17.1. The fourth-order valence-electron chi connectivity index (χ4n) is 2.68. The lowest BCUT2D eigenvalue weighted by Gasteiger charge is -2.22. The SMILES string of the molecule is C=C(C)CN(CC)C(=O)c1cccc(S(=O)(=O)N(C)c2ccc(C)cc2)c1. The Kier molecular flexibility index (Phi) is 6.44. The highest BCUT2D eigenvalue weighted by Crippen LogP contribution is 2.23. The fourth-order valence-corrected chi connectivity index (χ4v) is 3.92. The van der Waals surface area contributed by atoms with Crippen molar-refractivity contribution in [2.45, 2.75) is 25.7 Å². The molecule has 0 atom stereocenters. The lowest BCUT2D eigenvalue weighted by molar-refractivity contribution is 0.0778. The molecule has 0 heterocycles. The van der Waals surface area contributed by atoms with Gasteiger partial charge in [-0.15, -0.1) is 0 Å². The van der Waals surface area contributed by atoms with Crippen molar-refractivity contribution in [1.82, 2.24) is 4.90 Å². The van der Waals surface area contributed by atoms with E-state index in [9.17, 15) is 13.2 Å². The monoisotopic (exact) mass is 386 g/mol. The van der Waals surface area contributed by atoms with E-state index in [1.54, 1.807) is 29.2 Å². The number of nitrogens with zero attached hydrogens (tertiary/aromatic N) is 2. The number of likely N-dealkylation sites (N-methyl/N-ethyl adjacent to an activating group) is 1. The number of anilines is 1. The average molecular weight is 387 g/mol. The summed E-state index contributed by atoms with van der Waals surface area (Å²) in [6, 6.07) is 13.4. The first-order valence-corrected chi connectivity index (χ1v) is 10.2. The van der Waals surface area contributed by atoms with Gasteiger partial charge in [-0.25, -0.2) is 8.42 Å². The molecule has 0 aliphatic carbocycles. The van der Waals surface area contributed by atoms with Crippen molar-refractivity contribution in [2.75, 3.05) is 24.4 Å². The predicted octanol–water partition coefficient (Wildman–Crippen LogP) is 3.86. The predicted molar refractivity (Wildman–Crippen MR) is 110 cm³/mol. The molecule has 0 aliphatic heterocycles. The summed E-state index contributed by atoms with van der Waals surface area (Å²) >= 11 is 0. The number of hydrogen-bond donors (Lipinski definition) is 0. The number of carbonyl (C=O) groups excluding carboxylic acids is 1. The molecule has 5 nitrogen and oxygen atoms in total. The van der Waals surface area contributed by atoms with Crippen LogP contribution in [-0.4, -0.2) is 39.4 Å². The van der Waals surface area contributed by atoms with Gasteiger partial charge >= 0.3 is 0 Å². The van der Waals surface area contributed by atoms with E-state index in [-0.39, 0.29) is 10.8 Å². The molecule has 1 amide bonds. The summed E-state index contributed by atoms with van der Waals surface area (Å²) in [7, 11) is -2.26. The van der Waals surface area contributed by atoms with Gasteiger partial charge in [0, 0.05) is 25.7 Å². The maximum Gasteiger partial charge on any atom is 0.264 e. The van der Waals surface area contributed by atoms with Crippen LogP contribution in [0.3, 0.4) is 0 Å². The number of benzene rings is 2. The van der Waals surface area contributed by atoms with Gasteiger partial charge in [-0.3, -0.25) is 9.10 Å². The molecule has 6 heteroatoms. The summed E-state index contributed by atoms with van der Waals surface area (Å²) in [5.41, 5.74) is 2.83. The van der Waals surface area contributed by atoms with Crippen molar-refractivity contribution >= 4 is 21.6 Å². The molecule has 0 fully saturated rings. The third-order valence-corrected chi connectivity index (χ3v) is 6.05. The highest BCUT2D eigenvalue weighted by atomic mass is 32.2. The molecular weight excluding hydrogens is 360 g/mol. The van der Waals surface area contributed by atoms with Crippen LogP contribution >= 0.6 is 0 Å². The number of amides is 1. The fraction of sp³-hybridized carbons (Fsp3) is 0.286. The van der Waals surface area contributed by atoms with Crippen LogP contribution in [0.15, 0.2) is 65.6 Å². The molecule has 2 aromatic rings. The van der Waals surface area contributed by atoms with Crippen LogP contribution in [0.25, 0.3) is 0 Å². The Bertz CT molecular complexity index is 934. The van der Waals surface area contributed by atoms with Gasteiger partial charge in [0.15, 0.2) is 0 Å². The second kappa shape index (κ2) is 8.39. The first kappa shape index (κ1) is 20.7. The molecule has 0 aliphatic rings. The quantitative estimate of drug-likeness (QED) is 0.679. The Balaban J connectivity index is 2.36. The summed E-state index contributed by atoms with van der Waals surface area (Å²) in [6.07, 6.45) is 0. The molecule has 2 aromatic carbocycles. The first-order chi connectivity index (χ1) is 12.7. The Labute approximate surface area is 162 Å². The van der Waals surface area contributed by atoms with Gasteiger partial charge in [0.25, 0.3) is 15.9 Å². The largest absolute Gasteiger partial charge is 0.335 e. The van der Waals surface area contributed by atoms with E-state index in [0.29, 0.717) is 24.3 Å². The lowest BCUT2D eigenvalue weighted by atomic mass is 10.2. The maximum absolute atomic E-state index is 13.0. The Morgan fingerprint density at radius 2 is 1.74 bits per heavy atom. The van der Waals surface area contributed by atoms with Crippen LogP contribution in [0.2, 0.25) is 0 Å². The highest BCUT2D eigenvalue weighted by molar-refractivity contribution is 7.92. The molecule has 0 unspecified atom stereocenters. The molecule has 0 saturated heterocycles. The van der Waals surface area contributed by atoms with Crippen LogP contribution < -0.4 is 4.31 Å². The third-order valence-electron chi connectivity index (χ3n) is 4.27. The van der Waals surface area contributed by atoms with Gasteiger partial charge in [-0.2, -0.15) is 0 Å². The van der Waals surface area contributed by atoms with E-state index in [1.165, 1.54) is 23.5 Å². The Morgan fingerprint density at radius 1 is 1.11 bits per heavy atom. The van der Waals surface area contributed by atoms with E-state index in [2.05, 4.69) is 6.58 Å². The van der Waals surface area contributed by atoms with Crippen molar-refractivity contribution < 1.29 is 13.2 Å². The number of hydrogen-bond acceptors (Lipinski definition) is 3. The Morgan fingerprint density at radius 3 is 2.30 bits per heavy atom. The van der Waals surface area contributed by atoms with Gasteiger partial charge in [0.1, 0.15) is 0 Å². The van der Waals surface area contributed by atoms with E-state index < -0.39 is 10.0 Å². The second-order valence-electron chi connectivity index (χ2n) is 6.61. The van der Waals surface area contributed by atoms with E-state index in [0.717, 1.165) is 11.1 Å². The van der Waals surface area contributed by atoms with Crippen LogP contribution in [-0.2, 0) is 10.0 Å². The Hall–Kier alpha value is -2.60. The molecule has 144 valence electrons. The maximum atomic E-state index is 13.0. The molecular formula is C21H26N2O3S. The standard InChI is InChI=1S/C21H26N2O3S/c1-6-23(15-16(2)3)21(24)18-8-7-9-20(14-18)27(25,26)22(5)19-12-10-17(4)11-13-19/h7-14H,2,6,15H2,1,3-5H3. The summed E-state index contributed by atoms with van der Waals surface area (Å²) < 4.78 is 27.2. The molecule has 2 rings (SSSR count). The van der Waals surface area contributed by atoms with Crippen molar-refractivity contribution in [1.29, 1.82) is 0 Å². The van der Waals surface area contributed by atoms with E-state index >= 15 is 0 Å². The van der Waals surface area contributed by atoms with Crippen molar-refractivity contribution in [3.8, 4) is 0 Å². The number of rotatable bonds is 7. The lowest BCUT2D eigenvalue weighted by Crippen LogP contribution is -2.32. The smallest absolute Gasteiger partial charge is 0.264 e. The summed E-state index contributed by atoms with van der Waals surface area (Å²) in [4.78, 5) is 14.5. The molecule has 0 saturated carbocycles. The van der Waals surface area contributed by atoms with Crippen LogP contribution in [0.4, 0.5) is 5.69 Å². The van der Waals surface area contributed by atoms with Gasteiger partial charge in [-0.05, 0) is 51.1 Å².